The highest BCUT2D eigenvalue weighted by atomic mass is 32.2. The summed E-state index contributed by atoms with van der Waals surface area (Å²) in [6, 6.07) is 23.9. The second-order valence-corrected chi connectivity index (χ2v) is 8.74. The first-order valence-electron chi connectivity index (χ1n) is 9.41. The van der Waals surface area contributed by atoms with Crippen LogP contribution in [0.3, 0.4) is 0 Å². The van der Waals surface area contributed by atoms with Gasteiger partial charge in [0.1, 0.15) is 0 Å². The molecular weight excluding hydrogens is 394 g/mol. The van der Waals surface area contributed by atoms with E-state index in [1.165, 1.54) is 0 Å². The van der Waals surface area contributed by atoms with Crippen LogP contribution in [0.2, 0.25) is 0 Å². The summed E-state index contributed by atoms with van der Waals surface area (Å²) in [5, 5.41) is 9.87. The minimum atomic E-state index is -3.67. The molecule has 0 unspecified atom stereocenters. The normalized spacial score (nSPS) is 11.3. The summed E-state index contributed by atoms with van der Waals surface area (Å²) in [6.45, 7) is 2.06. The predicted molar refractivity (Wildman–Crippen MR) is 117 cm³/mol. The minimum absolute atomic E-state index is 0.182. The lowest BCUT2D eigenvalue weighted by Gasteiger charge is -2.12. The van der Waals surface area contributed by atoms with Gasteiger partial charge in [-0.05, 0) is 65.6 Å². The van der Waals surface area contributed by atoms with E-state index in [0.717, 1.165) is 33.2 Å². The molecule has 0 radical (unpaired) electrons. The van der Waals surface area contributed by atoms with Crippen molar-refractivity contribution in [3.05, 3.63) is 95.7 Å². The first-order chi connectivity index (χ1) is 14.5. The molecule has 1 aromatic heterocycles. The van der Waals surface area contributed by atoms with Crippen molar-refractivity contribution in [2.24, 2.45) is 0 Å². The van der Waals surface area contributed by atoms with Crippen molar-refractivity contribution in [1.82, 2.24) is 9.71 Å². The molecule has 1 heterocycles. The first kappa shape index (κ1) is 19.8. The highest BCUT2D eigenvalue weighted by molar-refractivity contribution is 7.89. The highest BCUT2D eigenvalue weighted by Crippen LogP contribution is 2.26. The second-order valence-electron chi connectivity index (χ2n) is 6.98. The fraction of sp³-hybridized carbons (Fsp3) is 0.0833. The Balaban J connectivity index is 1.58. The molecule has 0 saturated heterocycles. The molecule has 0 amide bonds. The Bertz CT molecular complexity index is 1370. The third-order valence-corrected chi connectivity index (χ3v) is 6.42. The summed E-state index contributed by atoms with van der Waals surface area (Å²) in [5.41, 5.74) is 5.00. The smallest absolute Gasteiger partial charge is 0.240 e. The van der Waals surface area contributed by atoms with Gasteiger partial charge in [-0.3, -0.25) is 4.98 Å². The SMILES string of the molecule is Cc1cc(S(=O)(=O)NCc2ccnc3ccccc23)ccc1-c1ccc(C#N)cc1. The largest absolute Gasteiger partial charge is 0.256 e. The van der Waals surface area contributed by atoms with Crippen molar-refractivity contribution >= 4 is 20.9 Å². The van der Waals surface area contributed by atoms with Crippen LogP contribution < -0.4 is 4.72 Å². The lowest BCUT2D eigenvalue weighted by molar-refractivity contribution is 0.581. The zero-order chi connectivity index (χ0) is 21.1. The topological polar surface area (TPSA) is 82.8 Å². The van der Waals surface area contributed by atoms with Crippen molar-refractivity contribution in [2.75, 3.05) is 0 Å². The number of nitrogens with zero attached hydrogens (tertiary/aromatic N) is 2. The Morgan fingerprint density at radius 3 is 2.50 bits per heavy atom. The van der Waals surface area contributed by atoms with Crippen molar-refractivity contribution < 1.29 is 8.42 Å². The van der Waals surface area contributed by atoms with E-state index < -0.39 is 10.0 Å². The first-order valence-corrected chi connectivity index (χ1v) is 10.9. The molecule has 5 nitrogen and oxygen atoms in total. The molecule has 0 atom stereocenters. The van der Waals surface area contributed by atoms with E-state index in [1.807, 2.05) is 49.4 Å². The third-order valence-electron chi connectivity index (χ3n) is 5.03. The number of nitriles is 1. The molecule has 0 aliphatic carbocycles. The van der Waals surface area contributed by atoms with Gasteiger partial charge in [0, 0.05) is 18.1 Å². The van der Waals surface area contributed by atoms with Crippen LogP contribution in [0.5, 0.6) is 0 Å². The van der Waals surface area contributed by atoms with Gasteiger partial charge in [-0.2, -0.15) is 5.26 Å². The van der Waals surface area contributed by atoms with Crippen LogP contribution in [-0.2, 0) is 16.6 Å². The van der Waals surface area contributed by atoms with Crippen LogP contribution in [0.15, 0.2) is 83.9 Å². The maximum atomic E-state index is 12.9. The third kappa shape index (κ3) is 3.94. The maximum Gasteiger partial charge on any atom is 0.240 e. The van der Waals surface area contributed by atoms with Gasteiger partial charge in [-0.15, -0.1) is 0 Å². The van der Waals surface area contributed by atoms with Crippen LogP contribution in [0.25, 0.3) is 22.0 Å². The summed E-state index contributed by atoms with van der Waals surface area (Å²) >= 11 is 0. The van der Waals surface area contributed by atoms with Crippen LogP contribution >= 0.6 is 0 Å². The second kappa shape index (κ2) is 8.07. The lowest BCUT2D eigenvalue weighted by atomic mass is 10.00. The van der Waals surface area contributed by atoms with E-state index in [4.69, 9.17) is 5.26 Å². The van der Waals surface area contributed by atoms with E-state index >= 15 is 0 Å². The van der Waals surface area contributed by atoms with Crippen molar-refractivity contribution in [2.45, 2.75) is 18.4 Å². The predicted octanol–water partition coefficient (Wildman–Crippen LogP) is 4.56. The number of para-hydroxylation sites is 1. The average Bonchev–Trinajstić information content (AvgIpc) is 2.78. The molecule has 0 fully saturated rings. The molecule has 0 saturated carbocycles. The van der Waals surface area contributed by atoms with Crippen molar-refractivity contribution in [1.29, 1.82) is 5.26 Å². The van der Waals surface area contributed by atoms with Crippen molar-refractivity contribution in [3.63, 3.8) is 0 Å². The Labute approximate surface area is 175 Å². The highest BCUT2D eigenvalue weighted by Gasteiger charge is 2.16. The summed E-state index contributed by atoms with van der Waals surface area (Å²) < 4.78 is 28.4. The Hall–Kier alpha value is -3.53. The number of hydrogen-bond donors (Lipinski definition) is 1. The number of aryl methyl sites for hydroxylation is 1. The summed E-state index contributed by atoms with van der Waals surface area (Å²) in [7, 11) is -3.67. The Kier molecular flexibility index (Phi) is 5.32. The number of pyridine rings is 1. The molecule has 148 valence electrons. The van der Waals surface area contributed by atoms with Gasteiger partial charge in [-0.25, -0.2) is 13.1 Å². The fourth-order valence-corrected chi connectivity index (χ4v) is 4.51. The Morgan fingerprint density at radius 1 is 1.00 bits per heavy atom. The molecule has 1 N–H and O–H groups in total. The number of sulfonamides is 1. The zero-order valence-electron chi connectivity index (χ0n) is 16.3. The number of benzene rings is 3. The van der Waals surface area contributed by atoms with Crippen LogP contribution in [0, 0.1) is 18.3 Å². The molecule has 4 aromatic rings. The quantitative estimate of drug-likeness (QED) is 0.520. The number of nitrogens with one attached hydrogen (secondary N) is 1. The standard InChI is InChI=1S/C24H19N3O2S/c1-17-14-21(10-11-22(17)19-8-6-18(15-25)7-9-19)30(28,29)27-16-20-12-13-26-24-5-3-2-4-23(20)24/h2-14,27H,16H2,1H3. The van der Waals surface area contributed by atoms with Gasteiger partial charge < -0.3 is 0 Å². The summed E-state index contributed by atoms with van der Waals surface area (Å²) in [4.78, 5) is 4.53. The number of rotatable bonds is 5. The van der Waals surface area contributed by atoms with E-state index in [9.17, 15) is 8.42 Å². The number of aromatic nitrogens is 1. The lowest BCUT2D eigenvalue weighted by Crippen LogP contribution is -2.23. The molecule has 0 bridgehead atoms. The van der Waals surface area contributed by atoms with Gasteiger partial charge in [0.25, 0.3) is 0 Å². The molecule has 0 aliphatic heterocycles. The van der Waals surface area contributed by atoms with Gasteiger partial charge in [0.15, 0.2) is 0 Å². The maximum absolute atomic E-state index is 12.9. The van der Waals surface area contributed by atoms with Gasteiger partial charge >= 0.3 is 0 Å². The van der Waals surface area contributed by atoms with Gasteiger partial charge in [0.05, 0.1) is 22.0 Å². The van der Waals surface area contributed by atoms with Gasteiger partial charge in [0.2, 0.25) is 10.0 Å². The molecular formula is C24H19N3O2S. The molecule has 30 heavy (non-hydrogen) atoms. The molecule has 0 spiro atoms. The molecule has 6 heteroatoms. The zero-order valence-corrected chi connectivity index (χ0v) is 17.1. The molecule has 3 aromatic carbocycles. The van der Waals surface area contributed by atoms with Crippen LogP contribution in [0.4, 0.5) is 0 Å². The summed E-state index contributed by atoms with van der Waals surface area (Å²) in [5.74, 6) is 0. The number of fused-ring (bicyclic) bond motifs is 1. The van der Waals surface area contributed by atoms with E-state index in [1.54, 1.807) is 36.5 Å². The van der Waals surface area contributed by atoms with Gasteiger partial charge in [-0.1, -0.05) is 36.4 Å². The average molecular weight is 414 g/mol. The van der Waals surface area contributed by atoms with E-state index in [-0.39, 0.29) is 11.4 Å². The monoisotopic (exact) mass is 413 g/mol. The molecule has 4 rings (SSSR count). The van der Waals surface area contributed by atoms with Crippen LogP contribution in [-0.4, -0.2) is 13.4 Å². The fourth-order valence-electron chi connectivity index (χ4n) is 3.42. The molecule has 0 aliphatic rings. The minimum Gasteiger partial charge on any atom is -0.256 e. The van der Waals surface area contributed by atoms with E-state index in [2.05, 4.69) is 15.8 Å². The number of hydrogen-bond acceptors (Lipinski definition) is 4. The Morgan fingerprint density at radius 2 is 1.77 bits per heavy atom. The van der Waals surface area contributed by atoms with Crippen molar-refractivity contribution in [3.8, 4) is 17.2 Å². The summed E-state index contributed by atoms with van der Waals surface area (Å²) in [6.07, 6.45) is 1.68. The van der Waals surface area contributed by atoms with Crippen LogP contribution in [0.1, 0.15) is 16.7 Å². The van der Waals surface area contributed by atoms with E-state index in [0.29, 0.717) is 5.56 Å².